The Morgan fingerprint density at radius 1 is 1.22 bits per heavy atom. The summed E-state index contributed by atoms with van der Waals surface area (Å²) in [4.78, 5) is 11.7. The monoisotopic (exact) mass is 274 g/mol. The molecule has 0 saturated heterocycles. The van der Waals surface area contributed by atoms with Crippen molar-refractivity contribution in [2.24, 2.45) is 0 Å². The van der Waals surface area contributed by atoms with E-state index in [4.69, 9.17) is 13.3 Å². The van der Waals surface area contributed by atoms with Crippen LogP contribution in [-0.4, -0.2) is 33.9 Å². The molecule has 0 N–H and O–H groups in total. The first-order chi connectivity index (χ1) is 8.55. The lowest BCUT2D eigenvalue weighted by molar-refractivity contribution is -0.122. The van der Waals surface area contributed by atoms with Crippen LogP contribution in [0, 0.1) is 0 Å². The average Bonchev–Trinajstić information content (AvgIpc) is 2.30. The van der Waals surface area contributed by atoms with Gasteiger partial charge in [-0.25, -0.2) is 0 Å². The Kier molecular flexibility index (Phi) is 9.18. The molecule has 0 aromatic carbocycles. The average molecular weight is 274 g/mol. The van der Waals surface area contributed by atoms with E-state index in [1.807, 2.05) is 20.8 Å². The molecule has 0 aliphatic carbocycles. The molecule has 0 radical (unpaired) electrons. The number of carbonyl (C=O) groups excluding carboxylic acids is 1. The van der Waals surface area contributed by atoms with Gasteiger partial charge in [-0.15, -0.1) is 0 Å². The third-order valence-electron chi connectivity index (χ3n) is 2.37. The molecule has 0 aromatic rings. The second kappa shape index (κ2) is 9.44. The molecule has 1 atom stereocenters. The summed E-state index contributed by atoms with van der Waals surface area (Å²) in [6.07, 6.45) is 3.63. The zero-order valence-electron chi connectivity index (χ0n) is 12.2. The van der Waals surface area contributed by atoms with Crippen molar-refractivity contribution in [3.8, 4) is 0 Å². The molecule has 0 spiro atoms. The molecular formula is C13H26O4Si. The van der Waals surface area contributed by atoms with Crippen molar-refractivity contribution in [3.63, 3.8) is 0 Å². The minimum absolute atomic E-state index is 0.0510. The van der Waals surface area contributed by atoms with E-state index in [9.17, 15) is 4.79 Å². The normalized spacial score (nSPS) is 14.1. The maximum absolute atomic E-state index is 11.7. The number of hydrogen-bond acceptors (Lipinski definition) is 4. The Balaban J connectivity index is 4.78. The van der Waals surface area contributed by atoms with Gasteiger partial charge in [-0.1, -0.05) is 19.4 Å². The highest BCUT2D eigenvalue weighted by Gasteiger charge is 2.42. The van der Waals surface area contributed by atoms with Gasteiger partial charge in [-0.2, -0.15) is 0 Å². The number of ketones is 1. The predicted molar refractivity (Wildman–Crippen MR) is 74.5 cm³/mol. The predicted octanol–water partition coefficient (Wildman–Crippen LogP) is 2.96. The maximum atomic E-state index is 11.7. The van der Waals surface area contributed by atoms with Gasteiger partial charge in [0.1, 0.15) is 6.10 Å². The lowest BCUT2D eigenvalue weighted by atomic mass is 10.2. The zero-order chi connectivity index (χ0) is 14.0. The molecule has 0 fully saturated rings. The summed E-state index contributed by atoms with van der Waals surface area (Å²) in [6.45, 7) is 10.5. The summed E-state index contributed by atoms with van der Waals surface area (Å²) in [5.41, 5.74) is 0. The maximum Gasteiger partial charge on any atom is 0.501 e. The Labute approximate surface area is 112 Å². The van der Waals surface area contributed by atoms with Gasteiger partial charge >= 0.3 is 8.80 Å². The molecule has 5 heteroatoms. The van der Waals surface area contributed by atoms with E-state index in [-0.39, 0.29) is 5.78 Å². The molecule has 0 aliphatic heterocycles. The topological polar surface area (TPSA) is 44.8 Å². The zero-order valence-corrected chi connectivity index (χ0v) is 13.2. The Morgan fingerprint density at radius 3 is 2.17 bits per heavy atom. The first-order valence-electron chi connectivity index (χ1n) is 6.67. The van der Waals surface area contributed by atoms with Crippen LogP contribution in [0.15, 0.2) is 12.2 Å². The highest BCUT2D eigenvalue weighted by molar-refractivity contribution is 6.61. The summed E-state index contributed by atoms with van der Waals surface area (Å²) in [5, 5.41) is 0. The van der Waals surface area contributed by atoms with Crippen molar-refractivity contribution >= 4 is 14.6 Å². The van der Waals surface area contributed by atoms with E-state index in [0.29, 0.717) is 13.2 Å². The summed E-state index contributed by atoms with van der Waals surface area (Å²) in [5.74, 6) is -0.0510. The summed E-state index contributed by atoms with van der Waals surface area (Å²) < 4.78 is 17.3. The fourth-order valence-corrected chi connectivity index (χ4v) is 4.46. The summed E-state index contributed by atoms with van der Waals surface area (Å²) in [7, 11) is -2.71. The van der Waals surface area contributed by atoms with E-state index in [1.165, 1.54) is 6.08 Å². The van der Waals surface area contributed by atoms with Crippen molar-refractivity contribution in [3.05, 3.63) is 12.2 Å². The van der Waals surface area contributed by atoms with Crippen LogP contribution in [0.4, 0.5) is 0 Å². The lowest BCUT2D eigenvalue weighted by Gasteiger charge is -2.30. The van der Waals surface area contributed by atoms with Crippen LogP contribution in [0.2, 0.25) is 6.04 Å². The lowest BCUT2D eigenvalue weighted by Crippen LogP contribution is -2.49. The Bertz CT molecular complexity index is 249. The van der Waals surface area contributed by atoms with Crippen LogP contribution < -0.4 is 0 Å². The quantitative estimate of drug-likeness (QED) is 0.454. The molecular weight excluding hydrogens is 248 g/mol. The molecule has 0 rings (SSSR count). The fourth-order valence-electron chi connectivity index (χ4n) is 1.69. The highest BCUT2D eigenvalue weighted by Crippen LogP contribution is 2.20. The van der Waals surface area contributed by atoms with Crippen molar-refractivity contribution in [1.82, 2.24) is 0 Å². The van der Waals surface area contributed by atoms with Crippen LogP contribution in [0.1, 0.15) is 41.0 Å². The number of hydrogen-bond donors (Lipinski definition) is 0. The van der Waals surface area contributed by atoms with Crippen LogP contribution in [0.5, 0.6) is 0 Å². The Morgan fingerprint density at radius 2 is 1.78 bits per heavy atom. The summed E-state index contributed by atoms with van der Waals surface area (Å²) in [6, 6.07) is 0.738. The third kappa shape index (κ3) is 5.91. The molecule has 1 unspecified atom stereocenters. The van der Waals surface area contributed by atoms with Crippen molar-refractivity contribution < 1.29 is 18.1 Å². The van der Waals surface area contributed by atoms with E-state index in [1.54, 1.807) is 13.0 Å². The van der Waals surface area contributed by atoms with Gasteiger partial charge in [0.15, 0.2) is 5.78 Å². The van der Waals surface area contributed by atoms with Crippen LogP contribution >= 0.6 is 0 Å². The third-order valence-corrected chi connectivity index (χ3v) is 5.65. The van der Waals surface area contributed by atoms with Gasteiger partial charge in [0.05, 0.1) is 0 Å². The molecule has 106 valence electrons. The second-order valence-electron chi connectivity index (χ2n) is 3.96. The fraction of sp³-hybridized carbons (Fsp3) is 0.769. The standard InChI is InChI=1S/C13H26O4Si/c1-6-10-13(14)12(5)17-18(11-7-2,15-8-3)16-9-4/h6,10,12H,7-9,11H2,1-5H3. The molecule has 4 nitrogen and oxygen atoms in total. The van der Waals surface area contributed by atoms with E-state index in [2.05, 4.69) is 6.92 Å². The van der Waals surface area contributed by atoms with Gasteiger partial charge in [0.25, 0.3) is 0 Å². The first-order valence-corrected chi connectivity index (χ1v) is 8.60. The van der Waals surface area contributed by atoms with Gasteiger partial charge in [-0.05, 0) is 33.8 Å². The van der Waals surface area contributed by atoms with Crippen LogP contribution in [0.3, 0.4) is 0 Å². The van der Waals surface area contributed by atoms with Crippen LogP contribution in [-0.2, 0) is 18.1 Å². The number of carbonyl (C=O) groups is 1. The molecule has 0 heterocycles. The molecule has 18 heavy (non-hydrogen) atoms. The second-order valence-corrected chi connectivity index (χ2v) is 6.64. The largest absolute Gasteiger partial charge is 0.501 e. The van der Waals surface area contributed by atoms with Gasteiger partial charge < -0.3 is 13.3 Å². The van der Waals surface area contributed by atoms with Crippen molar-refractivity contribution in [2.45, 2.75) is 53.2 Å². The number of allylic oxidation sites excluding steroid dienone is 1. The first kappa shape index (κ1) is 17.5. The molecule has 0 saturated carbocycles. The molecule has 0 aliphatic rings. The van der Waals surface area contributed by atoms with E-state index >= 15 is 0 Å². The van der Waals surface area contributed by atoms with E-state index in [0.717, 1.165) is 12.5 Å². The van der Waals surface area contributed by atoms with Gasteiger partial charge in [0, 0.05) is 19.3 Å². The van der Waals surface area contributed by atoms with E-state index < -0.39 is 14.9 Å². The summed E-state index contributed by atoms with van der Waals surface area (Å²) >= 11 is 0. The minimum Gasteiger partial charge on any atom is -0.374 e. The van der Waals surface area contributed by atoms with Crippen molar-refractivity contribution in [1.29, 1.82) is 0 Å². The number of rotatable bonds is 10. The SMILES string of the molecule is CC=CC(=O)C(C)O[Si](CCC)(OCC)OCC. The van der Waals surface area contributed by atoms with Crippen LogP contribution in [0.25, 0.3) is 0 Å². The van der Waals surface area contributed by atoms with Gasteiger partial charge in [0.2, 0.25) is 0 Å². The van der Waals surface area contributed by atoms with Gasteiger partial charge in [-0.3, -0.25) is 4.79 Å². The molecule has 0 bridgehead atoms. The molecule has 0 amide bonds. The minimum atomic E-state index is -2.71. The smallest absolute Gasteiger partial charge is 0.374 e. The highest BCUT2D eigenvalue weighted by atomic mass is 28.4. The van der Waals surface area contributed by atoms with Crippen molar-refractivity contribution in [2.75, 3.05) is 13.2 Å². The Hall–Kier alpha value is -0.493. The molecule has 0 aromatic heterocycles.